The number of hydrogen-bond donors (Lipinski definition) is 5. The lowest BCUT2D eigenvalue weighted by Gasteiger charge is -2.09. The van der Waals surface area contributed by atoms with Gasteiger partial charge in [0, 0.05) is 12.6 Å². The lowest BCUT2D eigenvalue weighted by molar-refractivity contribution is -0.132. The zero-order valence-electron chi connectivity index (χ0n) is 9.91. The molecule has 1 aromatic rings. The highest BCUT2D eigenvalue weighted by Crippen LogP contribution is 2.11. The molecule has 0 saturated heterocycles. The van der Waals surface area contributed by atoms with E-state index in [1.165, 1.54) is 12.1 Å². The van der Waals surface area contributed by atoms with Crippen LogP contribution in [0.15, 0.2) is 36.2 Å². The summed E-state index contributed by atoms with van der Waals surface area (Å²) in [6.07, 6.45) is -0.500. The van der Waals surface area contributed by atoms with Crippen LogP contribution in [-0.4, -0.2) is 33.3 Å². The molecule has 7 heteroatoms. The second-order valence-electron chi connectivity index (χ2n) is 3.80. The van der Waals surface area contributed by atoms with Crippen LogP contribution in [0.5, 0.6) is 5.75 Å². The predicted molar refractivity (Wildman–Crippen MR) is 65.9 cm³/mol. The molecule has 6 N–H and O–H groups in total. The first-order chi connectivity index (χ1) is 8.90. The second kappa shape index (κ2) is 6.41. The van der Waals surface area contributed by atoms with Crippen molar-refractivity contribution in [3.05, 3.63) is 41.7 Å². The number of aliphatic hydroxyl groups is 1. The molecule has 7 nitrogen and oxygen atoms in total. The highest BCUT2D eigenvalue weighted by Gasteiger charge is 2.15. The van der Waals surface area contributed by atoms with Crippen LogP contribution in [0.1, 0.15) is 5.56 Å². The summed E-state index contributed by atoms with van der Waals surface area (Å²) in [6.45, 7) is 0. The van der Waals surface area contributed by atoms with Crippen LogP contribution >= 0.6 is 0 Å². The standard InChI is InChI=1S/C12H14N2O5/c13-9(12(18)19)6-14-11(17)10(16)5-7-1-3-8(15)4-2-7/h1-4,6,10,15-16H,5,13H2,(H,14,17)(H,18,19)/t10-/m0/s1. The molecule has 0 aliphatic heterocycles. The number of nitrogens with two attached hydrogens (primary N) is 1. The molecule has 0 unspecified atom stereocenters. The molecule has 1 amide bonds. The molecule has 1 atom stereocenters. The first-order valence-electron chi connectivity index (χ1n) is 5.35. The van der Waals surface area contributed by atoms with Gasteiger partial charge in [-0.15, -0.1) is 0 Å². The fourth-order valence-electron chi connectivity index (χ4n) is 1.25. The zero-order valence-corrected chi connectivity index (χ0v) is 9.91. The third kappa shape index (κ3) is 4.68. The van der Waals surface area contributed by atoms with E-state index in [2.05, 4.69) is 5.32 Å². The number of hydrogen-bond acceptors (Lipinski definition) is 5. The molecule has 0 bridgehead atoms. The van der Waals surface area contributed by atoms with Gasteiger partial charge < -0.3 is 26.4 Å². The number of aromatic hydroxyl groups is 1. The van der Waals surface area contributed by atoms with Crippen molar-refractivity contribution in [3.63, 3.8) is 0 Å². The molecule has 0 heterocycles. The molecule has 0 aromatic heterocycles. The van der Waals surface area contributed by atoms with E-state index in [-0.39, 0.29) is 12.2 Å². The van der Waals surface area contributed by atoms with E-state index < -0.39 is 23.7 Å². The summed E-state index contributed by atoms with van der Waals surface area (Å²) >= 11 is 0. The number of nitrogens with one attached hydrogen (secondary N) is 1. The highest BCUT2D eigenvalue weighted by atomic mass is 16.4. The van der Waals surface area contributed by atoms with E-state index in [4.69, 9.17) is 15.9 Å². The van der Waals surface area contributed by atoms with Crippen LogP contribution in [0.25, 0.3) is 0 Å². The minimum Gasteiger partial charge on any atom is -0.508 e. The number of rotatable bonds is 5. The molecule has 0 spiro atoms. The first kappa shape index (κ1) is 14.5. The van der Waals surface area contributed by atoms with E-state index in [9.17, 15) is 14.7 Å². The molecule has 0 radical (unpaired) electrons. The number of aliphatic hydroxyl groups excluding tert-OH is 1. The lowest BCUT2D eigenvalue weighted by atomic mass is 10.1. The maximum absolute atomic E-state index is 11.4. The van der Waals surface area contributed by atoms with Crippen molar-refractivity contribution in [2.45, 2.75) is 12.5 Å². The number of amides is 1. The Morgan fingerprint density at radius 3 is 2.42 bits per heavy atom. The number of carbonyl (C=O) groups is 2. The molecule has 0 saturated carbocycles. The van der Waals surface area contributed by atoms with E-state index in [1.807, 2.05) is 0 Å². The molecule has 1 aromatic carbocycles. The molecule has 102 valence electrons. The topological polar surface area (TPSA) is 133 Å². The largest absolute Gasteiger partial charge is 0.508 e. The highest BCUT2D eigenvalue weighted by molar-refractivity contribution is 5.87. The van der Waals surface area contributed by atoms with Crippen molar-refractivity contribution < 1.29 is 24.9 Å². The number of carboxylic acids is 1. The van der Waals surface area contributed by atoms with Gasteiger partial charge in [0.1, 0.15) is 17.6 Å². The van der Waals surface area contributed by atoms with Crippen molar-refractivity contribution in [1.29, 1.82) is 0 Å². The summed E-state index contributed by atoms with van der Waals surface area (Å²) in [6, 6.07) is 5.99. The maximum atomic E-state index is 11.4. The molecule has 0 fully saturated rings. The average molecular weight is 266 g/mol. The van der Waals surface area contributed by atoms with Crippen molar-refractivity contribution in [3.8, 4) is 5.75 Å². The Labute approximate surface area is 109 Å². The van der Waals surface area contributed by atoms with Crippen LogP contribution < -0.4 is 11.1 Å². The summed E-state index contributed by atoms with van der Waals surface area (Å²) < 4.78 is 0. The number of phenolic OH excluding ortho intramolecular Hbond substituents is 1. The van der Waals surface area contributed by atoms with Gasteiger partial charge in [-0.1, -0.05) is 12.1 Å². The number of carboxylic acid groups (broad SMARTS) is 1. The van der Waals surface area contributed by atoms with E-state index in [0.29, 0.717) is 5.56 Å². The van der Waals surface area contributed by atoms with Crippen molar-refractivity contribution in [2.75, 3.05) is 0 Å². The van der Waals surface area contributed by atoms with Gasteiger partial charge in [-0.2, -0.15) is 0 Å². The fourth-order valence-corrected chi connectivity index (χ4v) is 1.25. The van der Waals surface area contributed by atoms with Crippen molar-refractivity contribution >= 4 is 11.9 Å². The average Bonchev–Trinajstić information content (AvgIpc) is 2.37. The normalized spacial score (nSPS) is 12.8. The second-order valence-corrected chi connectivity index (χ2v) is 3.80. The van der Waals surface area contributed by atoms with Crippen LogP contribution in [0.2, 0.25) is 0 Å². The first-order valence-corrected chi connectivity index (χ1v) is 5.35. The molecule has 0 aliphatic rings. The van der Waals surface area contributed by atoms with E-state index in [1.54, 1.807) is 12.1 Å². The van der Waals surface area contributed by atoms with Gasteiger partial charge in [-0.3, -0.25) is 4.79 Å². The summed E-state index contributed by atoms with van der Waals surface area (Å²) in [4.78, 5) is 21.8. The molecule has 0 aliphatic carbocycles. The molecular formula is C12H14N2O5. The minimum atomic E-state index is -1.37. The van der Waals surface area contributed by atoms with Crippen molar-refractivity contribution in [1.82, 2.24) is 5.32 Å². The molecule has 1 rings (SSSR count). The van der Waals surface area contributed by atoms with E-state index >= 15 is 0 Å². The maximum Gasteiger partial charge on any atom is 0.353 e. The third-order valence-corrected chi connectivity index (χ3v) is 2.28. The minimum absolute atomic E-state index is 0.0347. The van der Waals surface area contributed by atoms with Gasteiger partial charge in [0.25, 0.3) is 5.91 Å². The molecule has 19 heavy (non-hydrogen) atoms. The Morgan fingerprint density at radius 1 is 1.32 bits per heavy atom. The van der Waals surface area contributed by atoms with Crippen LogP contribution in [0, 0.1) is 0 Å². The van der Waals surface area contributed by atoms with E-state index in [0.717, 1.165) is 6.20 Å². The Morgan fingerprint density at radius 2 is 1.89 bits per heavy atom. The van der Waals surface area contributed by atoms with Crippen LogP contribution in [-0.2, 0) is 16.0 Å². The lowest BCUT2D eigenvalue weighted by Crippen LogP contribution is -2.33. The van der Waals surface area contributed by atoms with Gasteiger partial charge in [0.2, 0.25) is 0 Å². The van der Waals surface area contributed by atoms with Gasteiger partial charge in [-0.25, -0.2) is 4.79 Å². The summed E-state index contributed by atoms with van der Waals surface area (Å²) in [5.41, 5.74) is 5.18. The Hall–Kier alpha value is -2.54. The zero-order chi connectivity index (χ0) is 14.4. The SMILES string of the molecule is NC(=CNC(=O)[C@@H](O)Cc1ccc(O)cc1)C(=O)O. The Balaban J connectivity index is 2.56. The van der Waals surface area contributed by atoms with Gasteiger partial charge in [0.15, 0.2) is 0 Å². The third-order valence-electron chi connectivity index (χ3n) is 2.28. The summed E-state index contributed by atoms with van der Waals surface area (Å²) in [5, 5.41) is 29.2. The summed E-state index contributed by atoms with van der Waals surface area (Å²) in [7, 11) is 0. The quantitative estimate of drug-likeness (QED) is 0.447. The van der Waals surface area contributed by atoms with Gasteiger partial charge >= 0.3 is 5.97 Å². The number of aliphatic carboxylic acids is 1. The Kier molecular flexibility index (Phi) is 4.90. The van der Waals surface area contributed by atoms with Crippen molar-refractivity contribution in [2.24, 2.45) is 5.73 Å². The van der Waals surface area contributed by atoms with Gasteiger partial charge in [0.05, 0.1) is 0 Å². The van der Waals surface area contributed by atoms with Crippen LogP contribution in [0.3, 0.4) is 0 Å². The molecular weight excluding hydrogens is 252 g/mol. The van der Waals surface area contributed by atoms with Gasteiger partial charge in [-0.05, 0) is 17.7 Å². The smallest absolute Gasteiger partial charge is 0.353 e. The monoisotopic (exact) mass is 266 g/mol. The Bertz CT molecular complexity index is 495. The number of phenols is 1. The number of benzene rings is 1. The predicted octanol–water partition coefficient (Wildman–Crippen LogP) is -0.704. The fraction of sp³-hybridized carbons (Fsp3) is 0.167. The van der Waals surface area contributed by atoms with Crippen LogP contribution in [0.4, 0.5) is 0 Å². The number of carbonyl (C=O) groups excluding carboxylic acids is 1. The summed E-state index contributed by atoms with van der Waals surface area (Å²) in [5.74, 6) is -2.05.